The van der Waals surface area contributed by atoms with E-state index in [2.05, 4.69) is 0 Å². The molecule has 0 radical (unpaired) electrons. The summed E-state index contributed by atoms with van der Waals surface area (Å²) in [6, 6.07) is 16.9. The van der Waals surface area contributed by atoms with Crippen molar-refractivity contribution in [2.45, 2.75) is 12.5 Å². The van der Waals surface area contributed by atoms with Crippen molar-refractivity contribution in [3.8, 4) is 0 Å². The zero-order valence-electron chi connectivity index (χ0n) is 11.3. The lowest BCUT2D eigenvalue weighted by atomic mass is 9.99. The van der Waals surface area contributed by atoms with Crippen LogP contribution >= 0.6 is 0 Å². The van der Waals surface area contributed by atoms with E-state index in [1.807, 2.05) is 42.5 Å². The van der Waals surface area contributed by atoms with Crippen molar-refractivity contribution in [3.63, 3.8) is 0 Å². The topological polar surface area (TPSA) is 20.2 Å². The minimum Gasteiger partial charge on any atom is -0.388 e. The molecule has 3 rings (SSSR count). The van der Waals surface area contributed by atoms with Crippen LogP contribution in [-0.2, 0) is 6.42 Å². The van der Waals surface area contributed by atoms with E-state index >= 15 is 0 Å². The molecule has 0 heterocycles. The molecule has 0 bridgehead atoms. The third-order valence-corrected chi connectivity index (χ3v) is 3.51. The molecule has 1 nitrogen and oxygen atoms in total. The summed E-state index contributed by atoms with van der Waals surface area (Å²) in [5.41, 5.74) is 1.17. The van der Waals surface area contributed by atoms with Crippen LogP contribution in [0.5, 0.6) is 0 Å². The Hall–Kier alpha value is -2.26. The molecule has 0 aliphatic carbocycles. The van der Waals surface area contributed by atoms with E-state index in [1.54, 1.807) is 0 Å². The maximum Gasteiger partial charge on any atom is 0.126 e. The highest BCUT2D eigenvalue weighted by Gasteiger charge is 2.11. The van der Waals surface area contributed by atoms with E-state index in [-0.39, 0.29) is 5.56 Å². The summed E-state index contributed by atoms with van der Waals surface area (Å²) in [5, 5.41) is 12.4. The summed E-state index contributed by atoms with van der Waals surface area (Å²) in [6.45, 7) is 0. The highest BCUT2D eigenvalue weighted by Crippen LogP contribution is 2.23. The molecule has 3 aromatic carbocycles. The molecule has 0 fully saturated rings. The van der Waals surface area contributed by atoms with E-state index < -0.39 is 17.7 Å². The average Bonchev–Trinajstić information content (AvgIpc) is 2.46. The van der Waals surface area contributed by atoms with Crippen molar-refractivity contribution >= 4 is 10.8 Å². The van der Waals surface area contributed by atoms with Crippen molar-refractivity contribution in [1.29, 1.82) is 0 Å². The van der Waals surface area contributed by atoms with Crippen molar-refractivity contribution in [1.82, 2.24) is 0 Å². The fourth-order valence-electron chi connectivity index (χ4n) is 2.47. The van der Waals surface area contributed by atoms with Gasteiger partial charge in [-0.2, -0.15) is 0 Å². The maximum atomic E-state index is 13.2. The summed E-state index contributed by atoms with van der Waals surface area (Å²) < 4.78 is 26.4. The average molecular weight is 284 g/mol. The minimum atomic E-state index is -0.934. The molecule has 0 aromatic heterocycles. The molecule has 1 N–H and O–H groups in total. The van der Waals surface area contributed by atoms with Gasteiger partial charge in [0.1, 0.15) is 11.6 Å². The fraction of sp³-hybridized carbons (Fsp3) is 0.111. The van der Waals surface area contributed by atoms with Crippen LogP contribution in [0.25, 0.3) is 10.8 Å². The summed E-state index contributed by atoms with van der Waals surface area (Å²) in [5.74, 6) is -1.36. The van der Waals surface area contributed by atoms with Crippen molar-refractivity contribution in [2.75, 3.05) is 0 Å². The molecule has 1 atom stereocenters. The number of rotatable bonds is 3. The van der Waals surface area contributed by atoms with Crippen LogP contribution in [0.3, 0.4) is 0 Å². The largest absolute Gasteiger partial charge is 0.388 e. The predicted molar refractivity (Wildman–Crippen MR) is 79.0 cm³/mol. The van der Waals surface area contributed by atoms with Gasteiger partial charge >= 0.3 is 0 Å². The first-order valence-electron chi connectivity index (χ1n) is 6.73. The quantitative estimate of drug-likeness (QED) is 0.756. The van der Waals surface area contributed by atoms with Crippen LogP contribution in [0.15, 0.2) is 60.7 Å². The predicted octanol–water partition coefficient (Wildman–Crippen LogP) is 4.39. The van der Waals surface area contributed by atoms with Crippen molar-refractivity contribution in [2.24, 2.45) is 0 Å². The Bertz CT molecular complexity index is 763. The summed E-state index contributed by atoms with van der Waals surface area (Å²) >= 11 is 0. The molecule has 3 heteroatoms. The first kappa shape index (κ1) is 13.7. The highest BCUT2D eigenvalue weighted by molar-refractivity contribution is 5.83. The first-order valence-corrected chi connectivity index (χ1v) is 6.73. The monoisotopic (exact) mass is 284 g/mol. The van der Waals surface area contributed by atoms with Crippen LogP contribution in [0.1, 0.15) is 17.2 Å². The maximum absolute atomic E-state index is 13.2. The lowest BCUT2D eigenvalue weighted by molar-refractivity contribution is 0.177. The smallest absolute Gasteiger partial charge is 0.126 e. The number of hydrogen-bond donors (Lipinski definition) is 1. The number of fused-ring (bicyclic) bond motifs is 1. The molecular formula is C18H14F2O. The number of hydrogen-bond acceptors (Lipinski definition) is 1. The third-order valence-electron chi connectivity index (χ3n) is 3.51. The Balaban J connectivity index is 1.86. The van der Waals surface area contributed by atoms with Gasteiger partial charge in [-0.15, -0.1) is 0 Å². The van der Waals surface area contributed by atoms with Crippen LogP contribution in [0.4, 0.5) is 8.78 Å². The second-order valence-electron chi connectivity index (χ2n) is 5.10. The Morgan fingerprint density at radius 2 is 1.48 bits per heavy atom. The van der Waals surface area contributed by atoms with E-state index in [0.717, 1.165) is 34.5 Å². The standard InChI is InChI=1S/C18H14F2O/c19-16-9-15(10-17(20)11-16)18(21)8-12-5-6-13-3-1-2-4-14(13)7-12/h1-7,9-11,18,21H,8H2. The molecule has 106 valence electrons. The first-order chi connectivity index (χ1) is 10.1. The molecule has 21 heavy (non-hydrogen) atoms. The van der Waals surface area contributed by atoms with E-state index in [9.17, 15) is 13.9 Å². The van der Waals surface area contributed by atoms with Gasteiger partial charge < -0.3 is 5.11 Å². The molecule has 0 amide bonds. The lowest BCUT2D eigenvalue weighted by Crippen LogP contribution is -2.03. The lowest BCUT2D eigenvalue weighted by Gasteiger charge is -2.12. The van der Waals surface area contributed by atoms with Gasteiger partial charge in [-0.05, 0) is 34.0 Å². The molecule has 0 aliphatic rings. The summed E-state index contributed by atoms with van der Waals surface area (Å²) in [6.07, 6.45) is -0.621. The molecular weight excluding hydrogens is 270 g/mol. The van der Waals surface area contributed by atoms with Crippen molar-refractivity contribution in [3.05, 3.63) is 83.4 Å². The second kappa shape index (κ2) is 5.62. The van der Waals surface area contributed by atoms with Gasteiger partial charge in [-0.3, -0.25) is 0 Å². The number of aliphatic hydroxyl groups is 1. The zero-order valence-corrected chi connectivity index (χ0v) is 11.3. The van der Waals surface area contributed by atoms with E-state index in [0.29, 0.717) is 6.42 Å². The third kappa shape index (κ3) is 3.09. The Labute approximate surface area is 121 Å². The van der Waals surface area contributed by atoms with Crippen molar-refractivity contribution < 1.29 is 13.9 Å². The molecule has 0 saturated carbocycles. The Kier molecular flexibility index (Phi) is 3.67. The van der Waals surface area contributed by atoms with Gasteiger partial charge in [0.05, 0.1) is 6.10 Å². The molecule has 1 unspecified atom stereocenters. The second-order valence-corrected chi connectivity index (χ2v) is 5.10. The molecule has 0 aliphatic heterocycles. The van der Waals surface area contributed by atoms with Crippen LogP contribution in [-0.4, -0.2) is 5.11 Å². The van der Waals surface area contributed by atoms with Gasteiger partial charge in [-0.1, -0.05) is 42.5 Å². The SMILES string of the molecule is OC(Cc1ccc2ccccc2c1)c1cc(F)cc(F)c1. The van der Waals surface area contributed by atoms with Crippen LogP contribution in [0, 0.1) is 11.6 Å². The summed E-state index contributed by atoms with van der Waals surface area (Å²) in [4.78, 5) is 0. The van der Waals surface area contributed by atoms with Gasteiger partial charge in [0.25, 0.3) is 0 Å². The molecule has 0 saturated heterocycles. The number of halogens is 2. The number of benzene rings is 3. The van der Waals surface area contributed by atoms with Gasteiger partial charge in [-0.25, -0.2) is 8.78 Å². The van der Waals surface area contributed by atoms with Gasteiger partial charge in [0.2, 0.25) is 0 Å². The van der Waals surface area contributed by atoms with Gasteiger partial charge in [0, 0.05) is 12.5 Å². The molecule has 0 spiro atoms. The van der Waals surface area contributed by atoms with Gasteiger partial charge in [0.15, 0.2) is 0 Å². The Morgan fingerprint density at radius 1 is 0.810 bits per heavy atom. The van der Waals surface area contributed by atoms with E-state index in [4.69, 9.17) is 0 Å². The minimum absolute atomic E-state index is 0.251. The zero-order chi connectivity index (χ0) is 14.8. The Morgan fingerprint density at radius 3 is 2.19 bits per heavy atom. The van der Waals surface area contributed by atoms with Crippen LogP contribution in [0.2, 0.25) is 0 Å². The highest BCUT2D eigenvalue weighted by atomic mass is 19.1. The fourth-order valence-corrected chi connectivity index (χ4v) is 2.47. The van der Waals surface area contributed by atoms with Crippen LogP contribution < -0.4 is 0 Å². The normalized spacial score (nSPS) is 12.5. The van der Waals surface area contributed by atoms with E-state index in [1.165, 1.54) is 0 Å². The number of aliphatic hydroxyl groups excluding tert-OH is 1. The molecule has 3 aromatic rings. The summed E-state index contributed by atoms with van der Waals surface area (Å²) in [7, 11) is 0.